The summed E-state index contributed by atoms with van der Waals surface area (Å²) in [4.78, 5) is 23.4. The number of rotatable bonds is 5. The molecule has 2 aliphatic rings. The molecule has 0 heterocycles. The third kappa shape index (κ3) is 4.44. The fraction of sp³-hybridized carbons (Fsp3) is 0.867. The summed E-state index contributed by atoms with van der Waals surface area (Å²) in [6, 6.07) is -0.453. The summed E-state index contributed by atoms with van der Waals surface area (Å²) < 4.78 is 24.4. The van der Waals surface area contributed by atoms with Gasteiger partial charge in [-0.05, 0) is 25.7 Å². The van der Waals surface area contributed by atoms with Crippen LogP contribution in [0.25, 0.3) is 0 Å². The largest absolute Gasteiger partial charge is 0.481 e. The molecule has 0 radical (unpaired) electrons. The Balaban J connectivity index is 1.95. The zero-order valence-electron chi connectivity index (χ0n) is 12.8. The number of hydrogen-bond donors (Lipinski definition) is 2. The van der Waals surface area contributed by atoms with Gasteiger partial charge in [0, 0.05) is 6.04 Å². The minimum absolute atomic E-state index is 0.400. The summed E-state index contributed by atoms with van der Waals surface area (Å²) in [5.41, 5.74) is 0. The second-order valence-corrected chi connectivity index (χ2v) is 8.75. The Bertz CT molecular complexity index is 510. The normalized spacial score (nSPS) is 27.3. The minimum atomic E-state index is -3.42. The van der Waals surface area contributed by atoms with Crippen molar-refractivity contribution in [3.63, 3.8) is 0 Å². The topological polar surface area (TPSA) is 101 Å². The Morgan fingerprint density at radius 1 is 0.955 bits per heavy atom. The van der Waals surface area contributed by atoms with Gasteiger partial charge in [-0.2, -0.15) is 0 Å². The first kappa shape index (κ1) is 17.2. The smallest absolute Gasteiger partial charge is 0.308 e. The third-order valence-corrected chi connectivity index (χ3v) is 6.97. The molecular weight excluding hydrogens is 306 g/mol. The van der Waals surface area contributed by atoms with Crippen LogP contribution in [0.3, 0.4) is 0 Å². The quantitative estimate of drug-likeness (QED) is 0.743. The van der Waals surface area contributed by atoms with E-state index in [2.05, 4.69) is 5.32 Å². The molecule has 0 aliphatic heterocycles. The predicted octanol–water partition coefficient (Wildman–Crippen LogP) is 1.49. The Hall–Kier alpha value is -1.11. The molecule has 6 nitrogen and oxygen atoms in total. The molecule has 2 N–H and O–H groups in total. The fourth-order valence-corrected chi connectivity index (χ4v) is 5.31. The fourth-order valence-electron chi connectivity index (χ4n) is 3.57. The summed E-state index contributed by atoms with van der Waals surface area (Å²) in [6.07, 6.45) is 6.87. The molecule has 2 fully saturated rings. The van der Waals surface area contributed by atoms with Crippen LogP contribution in [0.1, 0.15) is 57.8 Å². The van der Waals surface area contributed by atoms with Crippen molar-refractivity contribution in [2.75, 3.05) is 5.75 Å². The van der Waals surface area contributed by atoms with Crippen LogP contribution in [0.2, 0.25) is 0 Å². The first-order chi connectivity index (χ1) is 10.4. The number of sulfone groups is 1. The van der Waals surface area contributed by atoms with E-state index in [1.165, 1.54) is 0 Å². The van der Waals surface area contributed by atoms with Gasteiger partial charge in [-0.3, -0.25) is 9.59 Å². The molecule has 0 aromatic carbocycles. The molecule has 0 saturated heterocycles. The number of carboxylic acids is 1. The van der Waals surface area contributed by atoms with Crippen molar-refractivity contribution in [3.05, 3.63) is 0 Å². The van der Waals surface area contributed by atoms with E-state index < -0.39 is 44.7 Å². The second-order valence-electron chi connectivity index (χ2n) is 6.47. The van der Waals surface area contributed by atoms with Crippen LogP contribution in [0.15, 0.2) is 0 Å². The predicted molar refractivity (Wildman–Crippen MR) is 82.2 cm³/mol. The van der Waals surface area contributed by atoms with Crippen LogP contribution in [-0.2, 0) is 19.4 Å². The molecule has 2 saturated carbocycles. The van der Waals surface area contributed by atoms with Crippen LogP contribution in [0.4, 0.5) is 0 Å². The number of carboxylic acid groups (broad SMARTS) is 1. The van der Waals surface area contributed by atoms with Gasteiger partial charge >= 0.3 is 5.97 Å². The minimum Gasteiger partial charge on any atom is -0.481 e. The molecule has 2 rings (SSSR count). The number of nitrogens with one attached hydrogen (secondary N) is 1. The molecule has 0 aromatic rings. The van der Waals surface area contributed by atoms with E-state index in [1.54, 1.807) is 0 Å². The maximum absolute atomic E-state index is 12.2. The van der Waals surface area contributed by atoms with E-state index in [9.17, 15) is 23.1 Å². The molecule has 7 heteroatoms. The van der Waals surface area contributed by atoms with E-state index >= 15 is 0 Å². The lowest BCUT2D eigenvalue weighted by Crippen LogP contribution is -2.45. The number of carbonyl (C=O) groups excluding carboxylic acids is 1. The molecule has 126 valence electrons. The Labute approximate surface area is 131 Å². The van der Waals surface area contributed by atoms with Crippen LogP contribution in [0, 0.1) is 5.92 Å². The van der Waals surface area contributed by atoms with E-state index in [4.69, 9.17) is 0 Å². The van der Waals surface area contributed by atoms with Gasteiger partial charge in [-0.25, -0.2) is 8.42 Å². The standard InChI is InChI=1S/C15H25NO5S/c17-14(10-22(20,21)11-6-4-5-7-11)16-13-9-3-1-2-8-12(13)15(18)19/h11-13H,1-10H2,(H,16,17)(H,18,19)/t12-,13+/m1/s1. The molecule has 1 amide bonds. The highest BCUT2D eigenvalue weighted by molar-refractivity contribution is 7.92. The average Bonchev–Trinajstić information content (AvgIpc) is 2.87. The van der Waals surface area contributed by atoms with Crippen LogP contribution >= 0.6 is 0 Å². The number of aliphatic carboxylic acids is 1. The van der Waals surface area contributed by atoms with Crippen molar-refractivity contribution in [2.45, 2.75) is 69.1 Å². The maximum atomic E-state index is 12.2. The van der Waals surface area contributed by atoms with E-state index in [0.29, 0.717) is 25.7 Å². The summed E-state index contributed by atoms with van der Waals surface area (Å²) >= 11 is 0. The second kappa shape index (κ2) is 7.44. The number of hydrogen-bond acceptors (Lipinski definition) is 4. The van der Waals surface area contributed by atoms with Gasteiger partial charge in [0.05, 0.1) is 11.2 Å². The first-order valence-electron chi connectivity index (χ1n) is 8.14. The van der Waals surface area contributed by atoms with Crippen molar-refractivity contribution < 1.29 is 23.1 Å². The van der Waals surface area contributed by atoms with Gasteiger partial charge < -0.3 is 10.4 Å². The molecule has 0 spiro atoms. The van der Waals surface area contributed by atoms with Gasteiger partial charge in [-0.15, -0.1) is 0 Å². The molecule has 22 heavy (non-hydrogen) atoms. The van der Waals surface area contributed by atoms with Crippen LogP contribution in [-0.4, -0.2) is 42.4 Å². The highest BCUT2D eigenvalue weighted by Crippen LogP contribution is 2.26. The molecule has 0 aromatic heterocycles. The van der Waals surface area contributed by atoms with Gasteiger partial charge in [0.1, 0.15) is 5.75 Å². The summed E-state index contributed by atoms with van der Waals surface area (Å²) in [6.45, 7) is 0. The molecular formula is C15H25NO5S. The third-order valence-electron chi connectivity index (χ3n) is 4.82. The van der Waals surface area contributed by atoms with Crippen molar-refractivity contribution >= 4 is 21.7 Å². The van der Waals surface area contributed by atoms with Crippen molar-refractivity contribution in [1.82, 2.24) is 5.32 Å². The molecule has 0 bridgehead atoms. The van der Waals surface area contributed by atoms with Crippen LogP contribution in [0.5, 0.6) is 0 Å². The highest BCUT2D eigenvalue weighted by atomic mass is 32.2. The Morgan fingerprint density at radius 2 is 1.55 bits per heavy atom. The van der Waals surface area contributed by atoms with Gasteiger partial charge in [-0.1, -0.05) is 32.1 Å². The SMILES string of the molecule is O=C(CS(=O)(=O)C1CCCC1)N[C@H]1CCCCC[C@H]1C(=O)O. The Morgan fingerprint density at radius 3 is 2.18 bits per heavy atom. The zero-order chi connectivity index (χ0) is 16.2. The highest BCUT2D eigenvalue weighted by Gasteiger charge is 2.34. The van der Waals surface area contributed by atoms with Crippen molar-refractivity contribution in [2.24, 2.45) is 5.92 Å². The lowest BCUT2D eigenvalue weighted by atomic mass is 9.95. The van der Waals surface area contributed by atoms with Crippen LogP contribution < -0.4 is 5.32 Å². The van der Waals surface area contributed by atoms with Crippen molar-refractivity contribution in [1.29, 1.82) is 0 Å². The zero-order valence-corrected chi connectivity index (χ0v) is 13.6. The first-order valence-corrected chi connectivity index (χ1v) is 9.85. The van der Waals surface area contributed by atoms with Crippen molar-refractivity contribution in [3.8, 4) is 0 Å². The monoisotopic (exact) mass is 331 g/mol. The number of amides is 1. The summed E-state index contributed by atoms with van der Waals surface area (Å²) in [5.74, 6) is -2.59. The maximum Gasteiger partial charge on any atom is 0.308 e. The summed E-state index contributed by atoms with van der Waals surface area (Å²) in [5, 5.41) is 11.6. The average molecular weight is 331 g/mol. The molecule has 0 unspecified atom stereocenters. The van der Waals surface area contributed by atoms with Gasteiger partial charge in [0.25, 0.3) is 0 Å². The lowest BCUT2D eigenvalue weighted by molar-refractivity contribution is -0.143. The van der Waals surface area contributed by atoms with E-state index in [0.717, 1.165) is 32.1 Å². The van der Waals surface area contributed by atoms with Gasteiger partial charge in [0.15, 0.2) is 9.84 Å². The number of carbonyl (C=O) groups is 2. The van der Waals surface area contributed by atoms with Gasteiger partial charge in [0.2, 0.25) is 5.91 Å². The molecule has 2 aliphatic carbocycles. The lowest BCUT2D eigenvalue weighted by Gasteiger charge is -2.23. The van der Waals surface area contributed by atoms with E-state index in [-0.39, 0.29) is 0 Å². The van der Waals surface area contributed by atoms with E-state index in [1.807, 2.05) is 0 Å². The Kier molecular flexibility index (Phi) is 5.83. The summed E-state index contributed by atoms with van der Waals surface area (Å²) in [7, 11) is -3.42. The molecule has 2 atom stereocenters.